The lowest BCUT2D eigenvalue weighted by Gasteiger charge is -2.07. The molecule has 0 unspecified atom stereocenters. The number of nitrogens with one attached hydrogen (secondary N) is 1. The van der Waals surface area contributed by atoms with Gasteiger partial charge in [0.15, 0.2) is 0 Å². The molecule has 0 radical (unpaired) electrons. The van der Waals surface area contributed by atoms with Gasteiger partial charge in [-0.15, -0.1) is 0 Å². The average molecular weight is 311 g/mol. The van der Waals surface area contributed by atoms with Gasteiger partial charge in [-0.1, -0.05) is 29.4 Å². The van der Waals surface area contributed by atoms with Gasteiger partial charge in [0.2, 0.25) is 5.91 Å². The lowest BCUT2D eigenvalue weighted by Crippen LogP contribution is -2.18. The standard InChI is InChI=1S/C17H14FN3O2/c18-13-4-3-5-14(8-13)20-17(22)11-21-10-12(9-19-23)15-6-1-2-7-16(15)21/h1-10,23H,11H2,(H,20,22)/b19-9+. The van der Waals surface area contributed by atoms with Crippen LogP contribution in [0.3, 0.4) is 0 Å². The van der Waals surface area contributed by atoms with E-state index in [4.69, 9.17) is 5.21 Å². The van der Waals surface area contributed by atoms with E-state index in [0.717, 1.165) is 10.9 Å². The molecular weight excluding hydrogens is 297 g/mol. The Morgan fingerprint density at radius 1 is 1.26 bits per heavy atom. The summed E-state index contributed by atoms with van der Waals surface area (Å²) in [6.07, 6.45) is 3.05. The topological polar surface area (TPSA) is 66.6 Å². The van der Waals surface area contributed by atoms with Gasteiger partial charge >= 0.3 is 0 Å². The number of benzene rings is 2. The molecule has 1 heterocycles. The number of anilines is 1. The molecule has 0 aliphatic rings. The lowest BCUT2D eigenvalue weighted by atomic mass is 10.2. The van der Waals surface area contributed by atoms with Gasteiger partial charge in [0, 0.05) is 28.4 Å². The van der Waals surface area contributed by atoms with E-state index in [9.17, 15) is 9.18 Å². The molecule has 3 rings (SSSR count). The number of rotatable bonds is 4. The van der Waals surface area contributed by atoms with E-state index in [1.165, 1.54) is 24.4 Å². The van der Waals surface area contributed by atoms with Gasteiger partial charge in [-0.2, -0.15) is 0 Å². The highest BCUT2D eigenvalue weighted by molar-refractivity contribution is 6.00. The van der Waals surface area contributed by atoms with Crippen LogP contribution in [0, 0.1) is 5.82 Å². The summed E-state index contributed by atoms with van der Waals surface area (Å²) in [6, 6.07) is 13.2. The van der Waals surface area contributed by atoms with Gasteiger partial charge in [0.1, 0.15) is 12.4 Å². The summed E-state index contributed by atoms with van der Waals surface area (Å²) in [6.45, 7) is 0.0658. The number of halogens is 1. The molecule has 3 aromatic rings. The minimum Gasteiger partial charge on any atom is -0.411 e. The van der Waals surface area contributed by atoms with Gasteiger partial charge in [0.25, 0.3) is 0 Å². The largest absolute Gasteiger partial charge is 0.411 e. The first-order valence-corrected chi connectivity index (χ1v) is 6.98. The fourth-order valence-electron chi connectivity index (χ4n) is 2.49. The van der Waals surface area contributed by atoms with Crippen molar-refractivity contribution in [3.8, 4) is 0 Å². The molecule has 0 bridgehead atoms. The van der Waals surface area contributed by atoms with Crippen molar-refractivity contribution in [1.29, 1.82) is 0 Å². The van der Waals surface area contributed by atoms with Gasteiger partial charge in [-0.3, -0.25) is 4.79 Å². The maximum absolute atomic E-state index is 13.1. The molecule has 1 aromatic heterocycles. The lowest BCUT2D eigenvalue weighted by molar-refractivity contribution is -0.116. The number of hydrogen-bond donors (Lipinski definition) is 2. The molecule has 0 spiro atoms. The van der Waals surface area contributed by atoms with Gasteiger partial charge in [-0.25, -0.2) is 4.39 Å². The minimum absolute atomic E-state index is 0.0658. The highest BCUT2D eigenvalue weighted by atomic mass is 19.1. The van der Waals surface area contributed by atoms with E-state index in [2.05, 4.69) is 10.5 Å². The Morgan fingerprint density at radius 2 is 2.09 bits per heavy atom. The van der Waals surface area contributed by atoms with Crippen LogP contribution in [0.4, 0.5) is 10.1 Å². The summed E-state index contributed by atoms with van der Waals surface area (Å²) >= 11 is 0. The van der Waals surface area contributed by atoms with Crippen molar-refractivity contribution >= 4 is 28.7 Å². The zero-order valence-electron chi connectivity index (χ0n) is 12.1. The number of hydrogen-bond acceptors (Lipinski definition) is 3. The van der Waals surface area contributed by atoms with Crippen LogP contribution >= 0.6 is 0 Å². The van der Waals surface area contributed by atoms with Gasteiger partial charge < -0.3 is 15.1 Å². The van der Waals surface area contributed by atoms with Crippen LogP contribution in [0.25, 0.3) is 10.9 Å². The van der Waals surface area contributed by atoms with E-state index in [-0.39, 0.29) is 12.5 Å². The third kappa shape index (κ3) is 3.21. The molecule has 0 aliphatic heterocycles. The van der Waals surface area contributed by atoms with Crippen LogP contribution < -0.4 is 5.32 Å². The van der Waals surface area contributed by atoms with Crippen LogP contribution in [0.2, 0.25) is 0 Å². The van der Waals surface area contributed by atoms with E-state index in [1.54, 1.807) is 16.8 Å². The van der Waals surface area contributed by atoms with Crippen molar-refractivity contribution in [3.63, 3.8) is 0 Å². The number of carbonyl (C=O) groups is 1. The third-order valence-electron chi connectivity index (χ3n) is 3.44. The average Bonchev–Trinajstić information content (AvgIpc) is 2.86. The SMILES string of the molecule is O=C(Cn1cc(/C=N/O)c2ccccc21)Nc1cccc(F)c1. The van der Waals surface area contributed by atoms with Crippen LogP contribution in [0.5, 0.6) is 0 Å². The Hall–Kier alpha value is -3.15. The molecule has 0 aliphatic carbocycles. The van der Waals surface area contributed by atoms with E-state index in [0.29, 0.717) is 11.3 Å². The first kappa shape index (κ1) is 14.8. The molecular formula is C17H14FN3O2. The molecule has 23 heavy (non-hydrogen) atoms. The maximum Gasteiger partial charge on any atom is 0.244 e. The molecule has 5 nitrogen and oxygen atoms in total. The van der Waals surface area contributed by atoms with Crippen molar-refractivity contribution in [2.75, 3.05) is 5.32 Å². The second kappa shape index (κ2) is 6.31. The van der Waals surface area contributed by atoms with Crippen LogP contribution in [-0.2, 0) is 11.3 Å². The quantitative estimate of drug-likeness (QED) is 0.441. The Kier molecular flexibility index (Phi) is 4.05. The molecule has 0 saturated carbocycles. The molecule has 2 aromatic carbocycles. The molecule has 2 N–H and O–H groups in total. The van der Waals surface area contributed by atoms with Crippen molar-refractivity contribution < 1.29 is 14.4 Å². The molecule has 1 amide bonds. The van der Waals surface area contributed by atoms with Crippen LogP contribution in [0.1, 0.15) is 5.56 Å². The second-order valence-corrected chi connectivity index (χ2v) is 5.03. The summed E-state index contributed by atoms with van der Waals surface area (Å²) in [5, 5.41) is 15.3. The Morgan fingerprint density at radius 3 is 2.87 bits per heavy atom. The van der Waals surface area contributed by atoms with E-state index < -0.39 is 5.82 Å². The number of fused-ring (bicyclic) bond motifs is 1. The predicted molar refractivity (Wildman–Crippen MR) is 86.3 cm³/mol. The zero-order chi connectivity index (χ0) is 16.2. The highest BCUT2D eigenvalue weighted by Crippen LogP contribution is 2.20. The number of carbonyl (C=O) groups excluding carboxylic acids is 1. The molecule has 116 valence electrons. The smallest absolute Gasteiger partial charge is 0.244 e. The Bertz CT molecular complexity index is 886. The Labute approximate surface area is 131 Å². The first-order valence-electron chi connectivity index (χ1n) is 6.98. The summed E-state index contributed by atoms with van der Waals surface area (Å²) in [4.78, 5) is 12.2. The zero-order valence-corrected chi connectivity index (χ0v) is 12.1. The van der Waals surface area contributed by atoms with Crippen molar-refractivity contribution in [2.45, 2.75) is 6.54 Å². The molecule has 6 heteroatoms. The van der Waals surface area contributed by atoms with E-state index in [1.807, 2.05) is 24.3 Å². The highest BCUT2D eigenvalue weighted by Gasteiger charge is 2.10. The summed E-state index contributed by atoms with van der Waals surface area (Å²) in [5.74, 6) is -0.681. The summed E-state index contributed by atoms with van der Waals surface area (Å²) < 4.78 is 14.9. The first-order chi connectivity index (χ1) is 11.2. The molecule has 0 saturated heterocycles. The third-order valence-corrected chi connectivity index (χ3v) is 3.44. The normalized spacial score (nSPS) is 11.2. The van der Waals surface area contributed by atoms with Crippen molar-refractivity contribution in [3.05, 3.63) is 66.1 Å². The van der Waals surface area contributed by atoms with E-state index >= 15 is 0 Å². The fraction of sp³-hybridized carbons (Fsp3) is 0.0588. The predicted octanol–water partition coefficient (Wildman–Crippen LogP) is 3.23. The number of oxime groups is 1. The maximum atomic E-state index is 13.1. The van der Waals surface area contributed by atoms with Gasteiger partial charge in [-0.05, 0) is 24.3 Å². The Balaban J connectivity index is 1.85. The number of nitrogens with zero attached hydrogens (tertiary/aromatic N) is 2. The van der Waals surface area contributed by atoms with Crippen LogP contribution in [0.15, 0.2) is 59.9 Å². The van der Waals surface area contributed by atoms with Gasteiger partial charge in [0.05, 0.1) is 6.21 Å². The summed E-state index contributed by atoms with van der Waals surface area (Å²) in [7, 11) is 0. The summed E-state index contributed by atoms with van der Waals surface area (Å²) in [5.41, 5.74) is 1.96. The number of para-hydroxylation sites is 1. The monoisotopic (exact) mass is 311 g/mol. The number of amides is 1. The fourth-order valence-corrected chi connectivity index (χ4v) is 2.49. The molecule has 0 atom stereocenters. The number of aromatic nitrogens is 1. The van der Waals surface area contributed by atoms with Crippen LogP contribution in [-0.4, -0.2) is 21.9 Å². The minimum atomic E-state index is -0.407. The van der Waals surface area contributed by atoms with Crippen molar-refractivity contribution in [1.82, 2.24) is 4.57 Å². The molecule has 0 fully saturated rings. The van der Waals surface area contributed by atoms with Crippen molar-refractivity contribution in [2.24, 2.45) is 5.16 Å². The second-order valence-electron chi connectivity index (χ2n) is 5.03.